The third kappa shape index (κ3) is 3.00. The molecule has 0 amide bonds. The first kappa shape index (κ1) is 13.7. The molecule has 1 aromatic heterocycles. The maximum absolute atomic E-state index is 5.78. The van der Waals surface area contributed by atoms with Crippen molar-refractivity contribution in [2.45, 2.75) is 32.7 Å². The first-order chi connectivity index (χ1) is 9.30. The summed E-state index contributed by atoms with van der Waals surface area (Å²) < 4.78 is 0. The van der Waals surface area contributed by atoms with Crippen LogP contribution in [0.5, 0.6) is 0 Å². The molecule has 3 N–H and O–H groups in total. The highest BCUT2D eigenvalue weighted by Gasteiger charge is 2.15. The smallest absolute Gasteiger partial charge is 0.0713 e. The number of nitrogens with zero attached hydrogens (tertiary/aromatic N) is 1. The topological polar surface area (TPSA) is 50.9 Å². The second kappa shape index (κ2) is 6.45. The van der Waals surface area contributed by atoms with Crippen LogP contribution >= 0.6 is 0 Å². The summed E-state index contributed by atoms with van der Waals surface area (Å²) in [5.41, 5.74) is 7.88. The number of nitrogens with one attached hydrogen (secondary N) is 1. The minimum absolute atomic E-state index is 0.0180. The van der Waals surface area contributed by atoms with Crippen molar-refractivity contribution in [3.8, 4) is 0 Å². The lowest BCUT2D eigenvalue weighted by atomic mass is 9.94. The van der Waals surface area contributed by atoms with Crippen molar-refractivity contribution in [3.63, 3.8) is 0 Å². The first-order valence-electron chi connectivity index (χ1n) is 6.77. The third-order valence-corrected chi connectivity index (χ3v) is 3.49. The van der Waals surface area contributed by atoms with Gasteiger partial charge in [0.15, 0.2) is 0 Å². The standard InChI is InChI=1S/C16H21N3/c1-3-12-6-5-7-14(10-12)16(19-17)15-8-9-18-11-13(15)4-2/h5-11,16,19H,3-4,17H2,1-2H3. The number of aryl methyl sites for hydroxylation is 2. The lowest BCUT2D eigenvalue weighted by molar-refractivity contribution is 0.629. The molecule has 0 bridgehead atoms. The van der Waals surface area contributed by atoms with E-state index in [0.717, 1.165) is 12.8 Å². The van der Waals surface area contributed by atoms with Crippen LogP contribution in [0.25, 0.3) is 0 Å². The zero-order valence-corrected chi connectivity index (χ0v) is 11.6. The normalized spacial score (nSPS) is 12.4. The largest absolute Gasteiger partial charge is 0.271 e. The van der Waals surface area contributed by atoms with E-state index in [1.807, 2.05) is 18.5 Å². The molecule has 1 heterocycles. The van der Waals surface area contributed by atoms with E-state index in [9.17, 15) is 0 Å². The van der Waals surface area contributed by atoms with Gasteiger partial charge in [0.1, 0.15) is 0 Å². The molecule has 3 heteroatoms. The summed E-state index contributed by atoms with van der Waals surface area (Å²) in [5, 5.41) is 0. The van der Waals surface area contributed by atoms with Gasteiger partial charge in [-0.15, -0.1) is 0 Å². The lowest BCUT2D eigenvalue weighted by Gasteiger charge is -2.20. The predicted octanol–water partition coefficient (Wildman–Crippen LogP) is 2.76. The highest BCUT2D eigenvalue weighted by molar-refractivity contribution is 5.37. The van der Waals surface area contributed by atoms with E-state index in [1.54, 1.807) is 0 Å². The van der Waals surface area contributed by atoms with Gasteiger partial charge >= 0.3 is 0 Å². The van der Waals surface area contributed by atoms with Crippen LogP contribution in [0.3, 0.4) is 0 Å². The number of aromatic nitrogens is 1. The van der Waals surface area contributed by atoms with E-state index >= 15 is 0 Å². The maximum Gasteiger partial charge on any atom is 0.0713 e. The van der Waals surface area contributed by atoms with Gasteiger partial charge in [0.2, 0.25) is 0 Å². The summed E-state index contributed by atoms with van der Waals surface area (Å²) in [6.45, 7) is 4.30. The highest BCUT2D eigenvalue weighted by atomic mass is 15.2. The van der Waals surface area contributed by atoms with Crippen molar-refractivity contribution in [3.05, 3.63) is 65.0 Å². The molecular formula is C16H21N3. The Labute approximate surface area is 114 Å². The Bertz CT molecular complexity index is 537. The second-order valence-corrected chi connectivity index (χ2v) is 4.63. The lowest BCUT2D eigenvalue weighted by Crippen LogP contribution is -2.29. The molecule has 0 aliphatic carbocycles. The van der Waals surface area contributed by atoms with E-state index in [2.05, 4.69) is 48.5 Å². The fourth-order valence-electron chi connectivity index (χ4n) is 2.37. The summed E-state index contributed by atoms with van der Waals surface area (Å²) in [7, 11) is 0. The summed E-state index contributed by atoms with van der Waals surface area (Å²) in [6.07, 6.45) is 5.72. The van der Waals surface area contributed by atoms with Crippen molar-refractivity contribution in [1.82, 2.24) is 10.4 Å². The van der Waals surface area contributed by atoms with Crippen LogP contribution in [-0.4, -0.2) is 4.98 Å². The number of hydrogen-bond donors (Lipinski definition) is 2. The van der Waals surface area contributed by atoms with Crippen molar-refractivity contribution >= 4 is 0 Å². The number of hydrogen-bond acceptors (Lipinski definition) is 3. The van der Waals surface area contributed by atoms with Crippen molar-refractivity contribution in [2.24, 2.45) is 5.84 Å². The summed E-state index contributed by atoms with van der Waals surface area (Å²) >= 11 is 0. The molecule has 0 fully saturated rings. The van der Waals surface area contributed by atoms with Crippen LogP contribution in [0.4, 0.5) is 0 Å². The molecule has 19 heavy (non-hydrogen) atoms. The van der Waals surface area contributed by atoms with Crippen LogP contribution in [0.15, 0.2) is 42.7 Å². The van der Waals surface area contributed by atoms with E-state index in [0.29, 0.717) is 0 Å². The van der Waals surface area contributed by atoms with Gasteiger partial charge in [-0.05, 0) is 41.2 Å². The molecule has 0 radical (unpaired) electrons. The second-order valence-electron chi connectivity index (χ2n) is 4.63. The molecule has 0 aliphatic heterocycles. The van der Waals surface area contributed by atoms with E-state index in [-0.39, 0.29) is 6.04 Å². The molecule has 1 atom stereocenters. The molecule has 2 rings (SSSR count). The molecule has 2 aromatic rings. The molecule has 100 valence electrons. The number of hydrazine groups is 1. The van der Waals surface area contributed by atoms with Crippen LogP contribution in [0, 0.1) is 0 Å². The van der Waals surface area contributed by atoms with Crippen molar-refractivity contribution in [2.75, 3.05) is 0 Å². The number of benzene rings is 1. The number of pyridine rings is 1. The third-order valence-electron chi connectivity index (χ3n) is 3.49. The SMILES string of the molecule is CCc1cccc(C(NN)c2ccncc2CC)c1. The van der Waals surface area contributed by atoms with Crippen molar-refractivity contribution in [1.29, 1.82) is 0 Å². The predicted molar refractivity (Wildman–Crippen MR) is 78.6 cm³/mol. The van der Waals surface area contributed by atoms with E-state index < -0.39 is 0 Å². The van der Waals surface area contributed by atoms with Crippen LogP contribution in [-0.2, 0) is 12.8 Å². The molecule has 0 spiro atoms. The molecule has 0 saturated heterocycles. The number of nitrogens with two attached hydrogens (primary N) is 1. The minimum atomic E-state index is 0.0180. The first-order valence-corrected chi connectivity index (χ1v) is 6.77. The Kier molecular flexibility index (Phi) is 4.66. The van der Waals surface area contributed by atoms with Crippen molar-refractivity contribution < 1.29 is 0 Å². The van der Waals surface area contributed by atoms with Crippen LogP contribution in [0.1, 0.15) is 42.1 Å². The molecular weight excluding hydrogens is 234 g/mol. The summed E-state index contributed by atoms with van der Waals surface area (Å²) in [4.78, 5) is 4.19. The summed E-state index contributed by atoms with van der Waals surface area (Å²) in [5.74, 6) is 5.78. The molecule has 3 nitrogen and oxygen atoms in total. The minimum Gasteiger partial charge on any atom is -0.271 e. The summed E-state index contributed by atoms with van der Waals surface area (Å²) in [6, 6.07) is 10.6. The van der Waals surface area contributed by atoms with E-state index in [4.69, 9.17) is 5.84 Å². The van der Waals surface area contributed by atoms with Gasteiger partial charge in [-0.1, -0.05) is 38.1 Å². The quantitative estimate of drug-likeness (QED) is 0.638. The van der Waals surface area contributed by atoms with Gasteiger partial charge < -0.3 is 0 Å². The highest BCUT2D eigenvalue weighted by Crippen LogP contribution is 2.25. The zero-order valence-electron chi connectivity index (χ0n) is 11.6. The van der Waals surface area contributed by atoms with E-state index in [1.165, 1.54) is 22.3 Å². The Morgan fingerprint density at radius 3 is 2.74 bits per heavy atom. The van der Waals surface area contributed by atoms with Gasteiger partial charge in [0, 0.05) is 12.4 Å². The zero-order chi connectivity index (χ0) is 13.7. The molecule has 0 saturated carbocycles. The van der Waals surface area contributed by atoms with Gasteiger partial charge in [-0.2, -0.15) is 0 Å². The van der Waals surface area contributed by atoms with Crippen LogP contribution < -0.4 is 11.3 Å². The van der Waals surface area contributed by atoms with Gasteiger partial charge in [-0.25, -0.2) is 5.43 Å². The monoisotopic (exact) mass is 255 g/mol. The maximum atomic E-state index is 5.78. The van der Waals surface area contributed by atoms with Gasteiger partial charge in [0.25, 0.3) is 0 Å². The Morgan fingerprint density at radius 2 is 2.05 bits per heavy atom. The average molecular weight is 255 g/mol. The fourth-order valence-corrected chi connectivity index (χ4v) is 2.37. The Morgan fingerprint density at radius 1 is 1.21 bits per heavy atom. The van der Waals surface area contributed by atoms with Gasteiger partial charge in [-0.3, -0.25) is 10.8 Å². The van der Waals surface area contributed by atoms with Gasteiger partial charge in [0.05, 0.1) is 6.04 Å². The molecule has 1 unspecified atom stereocenters. The Balaban J connectivity index is 2.43. The van der Waals surface area contributed by atoms with Crippen LogP contribution in [0.2, 0.25) is 0 Å². The number of rotatable bonds is 5. The fraction of sp³-hybridized carbons (Fsp3) is 0.312. The average Bonchev–Trinajstić information content (AvgIpc) is 2.49. The molecule has 0 aliphatic rings. The molecule has 1 aromatic carbocycles. The Hall–Kier alpha value is -1.71.